The monoisotopic (exact) mass is 464 g/mol. The molecule has 0 atom stereocenters. The molecule has 0 aliphatic heterocycles. The number of carboxylic acids is 1. The summed E-state index contributed by atoms with van der Waals surface area (Å²) in [4.78, 5) is 36.4. The summed E-state index contributed by atoms with van der Waals surface area (Å²) >= 11 is 0. The van der Waals surface area contributed by atoms with Gasteiger partial charge in [-0.05, 0) is 67.7 Å². The van der Waals surface area contributed by atoms with Crippen molar-refractivity contribution >= 4 is 18.0 Å². The Bertz CT molecular complexity index is 1030. The molecule has 1 saturated carbocycles. The lowest BCUT2D eigenvalue weighted by Crippen LogP contribution is -2.55. The number of carboxylic acid groups (broad SMARTS) is 1. The fraction of sp³-hybridized carbons (Fsp3) is 0.444. The summed E-state index contributed by atoms with van der Waals surface area (Å²) in [6.07, 6.45) is 2.19. The van der Waals surface area contributed by atoms with Crippen LogP contribution in [-0.2, 0) is 14.3 Å². The number of ether oxygens (including phenoxy) is 1. The van der Waals surface area contributed by atoms with Crippen LogP contribution in [0.15, 0.2) is 48.5 Å². The van der Waals surface area contributed by atoms with Crippen LogP contribution in [0.1, 0.15) is 56.6 Å². The molecular formula is C27H32N2O5. The molecule has 3 N–H and O–H groups in total. The zero-order valence-electron chi connectivity index (χ0n) is 19.7. The molecule has 0 radical (unpaired) electrons. The summed E-state index contributed by atoms with van der Waals surface area (Å²) in [7, 11) is 0. The number of hydrogen-bond donors (Lipinski definition) is 3. The molecule has 34 heavy (non-hydrogen) atoms. The molecule has 0 bridgehead atoms. The van der Waals surface area contributed by atoms with Crippen LogP contribution in [0.4, 0.5) is 4.79 Å². The second-order valence-electron chi connectivity index (χ2n) is 9.84. The van der Waals surface area contributed by atoms with Crippen molar-refractivity contribution in [1.82, 2.24) is 10.6 Å². The molecule has 2 aliphatic carbocycles. The number of alkyl carbamates (subject to hydrolysis) is 1. The number of nitrogens with one attached hydrogen (secondary N) is 2. The van der Waals surface area contributed by atoms with Gasteiger partial charge in [0, 0.05) is 12.5 Å². The minimum Gasteiger partial charge on any atom is -0.481 e. The molecule has 2 aromatic carbocycles. The highest BCUT2D eigenvalue weighted by molar-refractivity contribution is 5.89. The lowest BCUT2D eigenvalue weighted by Gasteiger charge is -2.29. The second kappa shape index (κ2) is 9.87. The van der Waals surface area contributed by atoms with Crippen molar-refractivity contribution in [2.75, 3.05) is 13.2 Å². The van der Waals surface area contributed by atoms with Crippen molar-refractivity contribution in [3.63, 3.8) is 0 Å². The van der Waals surface area contributed by atoms with E-state index in [9.17, 15) is 14.4 Å². The van der Waals surface area contributed by atoms with Crippen LogP contribution in [-0.4, -0.2) is 41.8 Å². The standard InChI is InChI=1S/C27H32N2O5/c1-27(2,25(32)28-15-17-11-13-18(14-12-17)24(30)31)29-26(33)34-16-23-21-9-5-3-7-19(21)20-8-4-6-10-22(20)23/h3-10,17-18,23H,11-16H2,1-2H3,(H,28,32)(H,29,33)(H,30,31). The van der Waals surface area contributed by atoms with Gasteiger partial charge >= 0.3 is 12.1 Å². The predicted octanol–water partition coefficient (Wildman–Crippen LogP) is 4.31. The average molecular weight is 465 g/mol. The zero-order valence-corrected chi connectivity index (χ0v) is 19.7. The smallest absolute Gasteiger partial charge is 0.408 e. The maximum Gasteiger partial charge on any atom is 0.408 e. The van der Waals surface area contributed by atoms with Crippen LogP contribution < -0.4 is 10.6 Å². The number of carbonyl (C=O) groups excluding carboxylic acids is 2. The van der Waals surface area contributed by atoms with Gasteiger partial charge in [-0.3, -0.25) is 9.59 Å². The molecule has 7 heteroatoms. The van der Waals surface area contributed by atoms with E-state index in [2.05, 4.69) is 34.9 Å². The molecule has 4 rings (SSSR count). The Morgan fingerprint density at radius 3 is 2.06 bits per heavy atom. The molecule has 0 aromatic heterocycles. The molecule has 0 spiro atoms. The van der Waals surface area contributed by atoms with Crippen molar-refractivity contribution in [1.29, 1.82) is 0 Å². The molecule has 0 heterocycles. The van der Waals surface area contributed by atoms with Crippen molar-refractivity contribution < 1.29 is 24.2 Å². The molecule has 0 unspecified atom stereocenters. The number of carbonyl (C=O) groups is 3. The number of benzene rings is 2. The van der Waals surface area contributed by atoms with Crippen LogP contribution in [0.25, 0.3) is 11.1 Å². The summed E-state index contributed by atoms with van der Waals surface area (Å²) in [6, 6.07) is 16.3. The van der Waals surface area contributed by atoms with Gasteiger partial charge in [0.15, 0.2) is 0 Å². The normalized spacial score (nSPS) is 19.6. The van der Waals surface area contributed by atoms with Crippen LogP contribution in [0, 0.1) is 11.8 Å². The number of aliphatic carboxylic acids is 1. The van der Waals surface area contributed by atoms with Gasteiger partial charge in [-0.15, -0.1) is 0 Å². The number of fused-ring (bicyclic) bond motifs is 3. The van der Waals surface area contributed by atoms with E-state index in [1.807, 2.05) is 24.3 Å². The highest BCUT2D eigenvalue weighted by Gasteiger charge is 2.33. The highest BCUT2D eigenvalue weighted by atomic mass is 16.5. The Kier molecular flexibility index (Phi) is 6.91. The highest BCUT2D eigenvalue weighted by Crippen LogP contribution is 2.44. The summed E-state index contributed by atoms with van der Waals surface area (Å²) in [6.45, 7) is 3.95. The number of amides is 2. The topological polar surface area (TPSA) is 105 Å². The molecule has 7 nitrogen and oxygen atoms in total. The Morgan fingerprint density at radius 1 is 0.941 bits per heavy atom. The van der Waals surface area contributed by atoms with Gasteiger partial charge in [0.2, 0.25) is 5.91 Å². The molecule has 180 valence electrons. The summed E-state index contributed by atoms with van der Waals surface area (Å²) in [5.74, 6) is -1.10. The maximum absolute atomic E-state index is 12.7. The minimum absolute atomic E-state index is 0.0454. The van der Waals surface area contributed by atoms with E-state index in [0.717, 1.165) is 35.1 Å². The van der Waals surface area contributed by atoms with E-state index in [0.29, 0.717) is 19.4 Å². The van der Waals surface area contributed by atoms with Gasteiger partial charge in [0.05, 0.1) is 5.92 Å². The lowest BCUT2D eigenvalue weighted by atomic mass is 9.82. The second-order valence-corrected chi connectivity index (χ2v) is 9.84. The molecule has 2 amide bonds. The quantitative estimate of drug-likeness (QED) is 0.566. The van der Waals surface area contributed by atoms with Gasteiger partial charge in [-0.25, -0.2) is 4.79 Å². The van der Waals surface area contributed by atoms with E-state index >= 15 is 0 Å². The third kappa shape index (κ3) is 5.08. The summed E-state index contributed by atoms with van der Waals surface area (Å²) < 4.78 is 5.57. The minimum atomic E-state index is -1.14. The van der Waals surface area contributed by atoms with Crippen molar-refractivity contribution in [3.8, 4) is 11.1 Å². The van der Waals surface area contributed by atoms with Gasteiger partial charge in [-0.1, -0.05) is 48.5 Å². The zero-order chi connectivity index (χ0) is 24.3. The fourth-order valence-corrected chi connectivity index (χ4v) is 5.02. The van der Waals surface area contributed by atoms with Crippen LogP contribution in [0.2, 0.25) is 0 Å². The van der Waals surface area contributed by atoms with Gasteiger partial charge in [0.1, 0.15) is 12.1 Å². The Labute approximate surface area is 199 Å². The lowest BCUT2D eigenvalue weighted by molar-refractivity contribution is -0.143. The van der Waals surface area contributed by atoms with E-state index in [4.69, 9.17) is 9.84 Å². The van der Waals surface area contributed by atoms with E-state index in [1.54, 1.807) is 13.8 Å². The number of hydrogen-bond acceptors (Lipinski definition) is 4. The first-order valence-electron chi connectivity index (χ1n) is 11.9. The van der Waals surface area contributed by atoms with Crippen LogP contribution in [0.5, 0.6) is 0 Å². The van der Waals surface area contributed by atoms with Crippen molar-refractivity contribution in [3.05, 3.63) is 59.7 Å². The van der Waals surface area contributed by atoms with Gasteiger partial charge < -0.3 is 20.5 Å². The van der Waals surface area contributed by atoms with E-state index in [1.165, 1.54) is 0 Å². The van der Waals surface area contributed by atoms with Crippen molar-refractivity contribution in [2.45, 2.75) is 51.0 Å². The predicted molar refractivity (Wildman–Crippen MR) is 128 cm³/mol. The molecule has 2 aliphatic rings. The van der Waals surface area contributed by atoms with E-state index in [-0.39, 0.29) is 30.3 Å². The third-order valence-corrected chi connectivity index (χ3v) is 7.07. The molecule has 1 fully saturated rings. The Morgan fingerprint density at radius 2 is 1.50 bits per heavy atom. The Hall–Kier alpha value is -3.35. The molecular weight excluding hydrogens is 432 g/mol. The van der Waals surface area contributed by atoms with Crippen molar-refractivity contribution in [2.24, 2.45) is 11.8 Å². The molecule has 2 aromatic rings. The fourth-order valence-electron chi connectivity index (χ4n) is 5.02. The van der Waals surface area contributed by atoms with Crippen LogP contribution in [0.3, 0.4) is 0 Å². The Balaban J connectivity index is 1.28. The summed E-state index contributed by atoms with van der Waals surface area (Å²) in [5, 5.41) is 14.7. The van der Waals surface area contributed by atoms with Gasteiger partial charge in [-0.2, -0.15) is 0 Å². The largest absolute Gasteiger partial charge is 0.481 e. The van der Waals surface area contributed by atoms with Crippen LogP contribution >= 0.6 is 0 Å². The maximum atomic E-state index is 12.7. The van der Waals surface area contributed by atoms with E-state index < -0.39 is 17.6 Å². The van der Waals surface area contributed by atoms with Gasteiger partial charge in [0.25, 0.3) is 0 Å². The first kappa shape index (κ1) is 23.8. The SMILES string of the molecule is CC(C)(NC(=O)OCC1c2ccccc2-c2ccccc21)C(=O)NCC1CCC(C(=O)O)CC1. The number of rotatable bonds is 7. The third-order valence-electron chi connectivity index (χ3n) is 7.07. The first-order chi connectivity index (χ1) is 16.3. The first-order valence-corrected chi connectivity index (χ1v) is 11.9. The molecule has 0 saturated heterocycles. The average Bonchev–Trinajstić information content (AvgIpc) is 3.15. The summed E-state index contributed by atoms with van der Waals surface area (Å²) in [5.41, 5.74) is 3.44.